The van der Waals surface area contributed by atoms with E-state index < -0.39 is 0 Å². The van der Waals surface area contributed by atoms with Crippen molar-refractivity contribution in [2.45, 2.75) is 6.42 Å². The lowest BCUT2D eigenvalue weighted by molar-refractivity contribution is 0.623. The van der Waals surface area contributed by atoms with E-state index in [9.17, 15) is 4.39 Å². The van der Waals surface area contributed by atoms with Crippen LogP contribution in [0.3, 0.4) is 0 Å². The van der Waals surface area contributed by atoms with Crippen LogP contribution in [0, 0.1) is 29.0 Å². The number of nitrogens with zero attached hydrogens (tertiary/aromatic N) is 1. The van der Waals surface area contributed by atoms with Crippen molar-refractivity contribution < 1.29 is 4.39 Å². The lowest BCUT2D eigenvalue weighted by atomic mass is 10.1. The van der Waals surface area contributed by atoms with Gasteiger partial charge in [-0.1, -0.05) is 17.9 Å². The first kappa shape index (κ1) is 11.2. The molecule has 0 bridgehead atoms. The van der Waals surface area contributed by atoms with Crippen LogP contribution in [0.15, 0.2) is 18.2 Å². The Hall–Kier alpha value is -1.84. The van der Waals surface area contributed by atoms with Gasteiger partial charge in [-0.2, -0.15) is 5.26 Å². The van der Waals surface area contributed by atoms with Gasteiger partial charge in [-0.25, -0.2) is 4.39 Å². The van der Waals surface area contributed by atoms with E-state index in [4.69, 9.17) is 5.26 Å². The Balaban J connectivity index is 2.92. The molecule has 2 nitrogen and oxygen atoms in total. The molecule has 1 N–H and O–H groups in total. The molecule has 0 aliphatic carbocycles. The highest BCUT2D eigenvalue weighted by Gasteiger charge is 2.00. The van der Waals surface area contributed by atoms with E-state index in [1.54, 1.807) is 19.2 Å². The van der Waals surface area contributed by atoms with Crippen molar-refractivity contribution in [3.63, 3.8) is 0 Å². The fourth-order valence-electron chi connectivity index (χ4n) is 1.10. The van der Waals surface area contributed by atoms with Crippen LogP contribution in [0.5, 0.6) is 0 Å². The molecule has 1 rings (SSSR count). The van der Waals surface area contributed by atoms with E-state index in [1.165, 1.54) is 6.07 Å². The number of hydrogen-bond donors (Lipinski definition) is 1. The molecule has 0 spiro atoms. The zero-order chi connectivity index (χ0) is 11.1. The van der Waals surface area contributed by atoms with Crippen molar-refractivity contribution in [1.82, 2.24) is 5.32 Å². The molecule has 0 aliphatic rings. The van der Waals surface area contributed by atoms with E-state index >= 15 is 0 Å². The predicted molar refractivity (Wildman–Crippen MR) is 56.5 cm³/mol. The van der Waals surface area contributed by atoms with Gasteiger partial charge >= 0.3 is 0 Å². The Labute approximate surface area is 88.7 Å². The Kier molecular flexibility index (Phi) is 4.34. The second-order valence-corrected chi connectivity index (χ2v) is 2.98. The molecular weight excluding hydrogens is 191 g/mol. The molecule has 0 radical (unpaired) electrons. The van der Waals surface area contributed by atoms with Gasteiger partial charge in [0.25, 0.3) is 0 Å². The smallest absolute Gasteiger partial charge is 0.138 e. The number of halogens is 1. The van der Waals surface area contributed by atoms with Crippen molar-refractivity contribution in [2.24, 2.45) is 0 Å². The molecule has 1 aromatic carbocycles. The van der Waals surface area contributed by atoms with Crippen LogP contribution in [0.25, 0.3) is 0 Å². The number of benzene rings is 1. The van der Waals surface area contributed by atoms with Gasteiger partial charge in [-0.15, -0.1) is 0 Å². The molecule has 1 aromatic rings. The van der Waals surface area contributed by atoms with Crippen molar-refractivity contribution in [3.8, 4) is 17.9 Å². The first-order chi connectivity index (χ1) is 7.27. The monoisotopic (exact) mass is 202 g/mol. The third-order valence-electron chi connectivity index (χ3n) is 1.80. The molecule has 15 heavy (non-hydrogen) atoms. The molecule has 0 amide bonds. The van der Waals surface area contributed by atoms with E-state index in [-0.39, 0.29) is 12.2 Å². The maximum atomic E-state index is 13.2. The molecule has 0 unspecified atom stereocenters. The molecule has 76 valence electrons. The highest BCUT2D eigenvalue weighted by atomic mass is 19.1. The Morgan fingerprint density at radius 3 is 2.93 bits per heavy atom. The van der Waals surface area contributed by atoms with Gasteiger partial charge in [0.15, 0.2) is 0 Å². The highest BCUT2D eigenvalue weighted by molar-refractivity contribution is 5.39. The second kappa shape index (κ2) is 5.80. The van der Waals surface area contributed by atoms with Gasteiger partial charge < -0.3 is 5.32 Å². The molecule has 0 atom stereocenters. The number of rotatable bonds is 2. The quantitative estimate of drug-likeness (QED) is 0.737. The van der Waals surface area contributed by atoms with E-state index in [0.29, 0.717) is 12.1 Å². The molecule has 0 heterocycles. The van der Waals surface area contributed by atoms with Crippen LogP contribution < -0.4 is 5.32 Å². The molecule has 0 aromatic heterocycles. The average molecular weight is 202 g/mol. The SMILES string of the molecule is CNCC#Cc1cc(CC#N)ccc1F. The van der Waals surface area contributed by atoms with Crippen LogP contribution in [0.4, 0.5) is 4.39 Å². The summed E-state index contributed by atoms with van der Waals surface area (Å²) in [5, 5.41) is 11.4. The van der Waals surface area contributed by atoms with Gasteiger partial charge in [-0.05, 0) is 24.7 Å². The minimum atomic E-state index is -0.347. The van der Waals surface area contributed by atoms with E-state index in [0.717, 1.165) is 5.56 Å². The third-order valence-corrected chi connectivity index (χ3v) is 1.80. The summed E-state index contributed by atoms with van der Waals surface area (Å²) in [7, 11) is 1.77. The minimum absolute atomic E-state index is 0.279. The average Bonchev–Trinajstić information content (AvgIpc) is 2.23. The summed E-state index contributed by atoms with van der Waals surface area (Å²) in [6.07, 6.45) is 0.279. The van der Waals surface area contributed by atoms with Crippen LogP contribution in [0.2, 0.25) is 0 Å². The van der Waals surface area contributed by atoms with Crippen LogP contribution in [-0.4, -0.2) is 13.6 Å². The summed E-state index contributed by atoms with van der Waals surface area (Å²) in [6, 6.07) is 6.57. The minimum Gasteiger partial charge on any atom is -0.309 e. The lowest BCUT2D eigenvalue weighted by Crippen LogP contribution is -2.04. The Morgan fingerprint density at radius 2 is 2.27 bits per heavy atom. The van der Waals surface area contributed by atoms with Crippen molar-refractivity contribution >= 4 is 0 Å². The molecular formula is C12H11FN2. The number of nitriles is 1. The first-order valence-electron chi connectivity index (χ1n) is 4.56. The summed E-state index contributed by atoms with van der Waals surface area (Å²) in [5.74, 6) is 5.15. The zero-order valence-electron chi connectivity index (χ0n) is 8.47. The van der Waals surface area contributed by atoms with Crippen LogP contribution >= 0.6 is 0 Å². The summed E-state index contributed by atoms with van der Waals surface area (Å²) in [5.41, 5.74) is 1.13. The van der Waals surface area contributed by atoms with E-state index in [1.807, 2.05) is 6.07 Å². The maximum Gasteiger partial charge on any atom is 0.138 e. The van der Waals surface area contributed by atoms with Gasteiger partial charge in [-0.3, -0.25) is 0 Å². The van der Waals surface area contributed by atoms with Crippen molar-refractivity contribution in [2.75, 3.05) is 13.6 Å². The predicted octanol–water partition coefficient (Wildman–Crippen LogP) is 1.46. The molecule has 0 aliphatic heterocycles. The highest BCUT2D eigenvalue weighted by Crippen LogP contribution is 2.09. The Morgan fingerprint density at radius 1 is 1.47 bits per heavy atom. The fraction of sp³-hybridized carbons (Fsp3) is 0.250. The van der Waals surface area contributed by atoms with Gasteiger partial charge in [0.2, 0.25) is 0 Å². The normalized spacial score (nSPS) is 8.87. The molecule has 3 heteroatoms. The number of nitrogens with one attached hydrogen (secondary N) is 1. The fourth-order valence-corrected chi connectivity index (χ4v) is 1.10. The summed E-state index contributed by atoms with van der Waals surface area (Å²) in [4.78, 5) is 0. The zero-order valence-corrected chi connectivity index (χ0v) is 8.47. The van der Waals surface area contributed by atoms with Gasteiger partial charge in [0.1, 0.15) is 5.82 Å². The molecule has 0 saturated carbocycles. The third kappa shape index (κ3) is 3.42. The second-order valence-electron chi connectivity index (χ2n) is 2.98. The van der Waals surface area contributed by atoms with Crippen molar-refractivity contribution in [3.05, 3.63) is 35.1 Å². The number of hydrogen-bond acceptors (Lipinski definition) is 2. The largest absolute Gasteiger partial charge is 0.309 e. The standard InChI is InChI=1S/C12H11FN2/c1-15-8-2-3-11-9-10(6-7-14)4-5-12(11)13/h4-5,9,15H,6,8H2,1H3. The summed E-state index contributed by atoms with van der Waals surface area (Å²) >= 11 is 0. The maximum absolute atomic E-state index is 13.2. The Bertz CT molecular complexity index is 435. The van der Waals surface area contributed by atoms with Gasteiger partial charge in [0.05, 0.1) is 24.6 Å². The topological polar surface area (TPSA) is 35.8 Å². The lowest BCUT2D eigenvalue weighted by Gasteiger charge is -1.97. The van der Waals surface area contributed by atoms with Crippen LogP contribution in [0.1, 0.15) is 11.1 Å². The molecule has 0 fully saturated rings. The first-order valence-corrected chi connectivity index (χ1v) is 4.56. The summed E-state index contributed by atoms with van der Waals surface area (Å²) in [6.45, 7) is 0.516. The van der Waals surface area contributed by atoms with Gasteiger partial charge in [0, 0.05) is 0 Å². The summed E-state index contributed by atoms with van der Waals surface area (Å²) < 4.78 is 13.2. The van der Waals surface area contributed by atoms with E-state index in [2.05, 4.69) is 17.2 Å². The molecule has 0 saturated heterocycles. The van der Waals surface area contributed by atoms with Crippen LogP contribution in [-0.2, 0) is 6.42 Å². The van der Waals surface area contributed by atoms with Crippen molar-refractivity contribution in [1.29, 1.82) is 5.26 Å².